The van der Waals surface area contributed by atoms with Crippen molar-refractivity contribution in [1.82, 2.24) is 0 Å². The largest absolute Gasteiger partial charge is 1.00 e. The van der Waals surface area contributed by atoms with Gasteiger partial charge in [-0.1, -0.05) is 69.4 Å². The molecule has 0 radical (unpaired) electrons. The molecule has 0 spiro atoms. The first-order chi connectivity index (χ1) is 12.9. The van der Waals surface area contributed by atoms with E-state index in [9.17, 15) is 13.5 Å². The van der Waals surface area contributed by atoms with Crippen LogP contribution in [0.4, 0.5) is 0 Å². The van der Waals surface area contributed by atoms with Crippen molar-refractivity contribution in [2.75, 3.05) is 0 Å². The van der Waals surface area contributed by atoms with Gasteiger partial charge in [0.25, 0.3) is 10.1 Å². The Balaban J connectivity index is 0.00000392. The van der Waals surface area contributed by atoms with Crippen LogP contribution in [0.3, 0.4) is 0 Å². The normalized spacial score (nSPS) is 11.1. The van der Waals surface area contributed by atoms with Gasteiger partial charge in [0.15, 0.2) is 0 Å². The van der Waals surface area contributed by atoms with Gasteiger partial charge in [0.2, 0.25) is 0 Å². The van der Waals surface area contributed by atoms with E-state index in [-0.39, 0.29) is 57.1 Å². The van der Waals surface area contributed by atoms with Crippen molar-refractivity contribution in [2.45, 2.75) is 63.2 Å². The van der Waals surface area contributed by atoms with Crippen LogP contribution in [-0.2, 0) is 16.5 Å². The molecule has 0 fully saturated rings. The van der Waals surface area contributed by atoms with Crippen molar-refractivity contribution in [3.05, 3.63) is 48.0 Å². The van der Waals surface area contributed by atoms with Gasteiger partial charge < -0.3 is 9.84 Å². The van der Waals surface area contributed by atoms with Crippen molar-refractivity contribution in [3.63, 3.8) is 0 Å². The average molecular weight is 431 g/mol. The summed E-state index contributed by atoms with van der Waals surface area (Å²) in [6.45, 7) is 2.22. The second-order valence-corrected chi connectivity index (χ2v) is 8.09. The average Bonchev–Trinajstić information content (AvgIpc) is 2.63. The van der Waals surface area contributed by atoms with Crippen LogP contribution in [0, 0.1) is 0 Å². The Morgan fingerprint density at radius 2 is 1.46 bits per heavy atom. The summed E-state index contributed by atoms with van der Waals surface area (Å²) in [7, 11) is -4.57. The van der Waals surface area contributed by atoms with E-state index in [4.69, 9.17) is 9.29 Å². The number of aryl methyl sites for hydroxylation is 1. The third-order valence-corrected chi connectivity index (χ3v) is 5.30. The first-order valence-corrected chi connectivity index (χ1v) is 10.9. The topological polar surface area (TPSA) is 86.7 Å². The van der Waals surface area contributed by atoms with Crippen molar-refractivity contribution in [2.24, 2.45) is 0 Å². The molecule has 2 rings (SSSR count). The molecule has 7 heteroatoms. The van der Waals surface area contributed by atoms with Gasteiger partial charge in [0.1, 0.15) is 11.5 Å². The molecular formula is C21H27KO5S. The number of rotatable bonds is 11. The molecule has 0 bridgehead atoms. The van der Waals surface area contributed by atoms with E-state index in [0.717, 1.165) is 25.0 Å². The van der Waals surface area contributed by atoms with Crippen molar-refractivity contribution in [3.8, 4) is 17.2 Å². The van der Waals surface area contributed by atoms with Gasteiger partial charge in [-0.3, -0.25) is 4.55 Å². The van der Waals surface area contributed by atoms with Crippen LogP contribution in [-0.4, -0.2) is 13.0 Å². The first kappa shape index (κ1) is 25.6. The molecule has 2 aromatic rings. The minimum Gasteiger partial charge on any atom is -0.872 e. The molecule has 0 saturated heterocycles. The molecule has 0 aliphatic heterocycles. The second-order valence-electron chi connectivity index (χ2n) is 6.70. The molecule has 5 nitrogen and oxygen atoms in total. The monoisotopic (exact) mass is 430 g/mol. The molecule has 148 valence electrons. The minimum atomic E-state index is -4.57. The SMILES string of the molecule is CCCCCCCCCc1ccc(Oc2ccc([O-])c(S(=O)(=O)O)c2)cc1.[K+]. The number of hydrogen-bond donors (Lipinski definition) is 1. The smallest absolute Gasteiger partial charge is 0.872 e. The van der Waals surface area contributed by atoms with E-state index in [0.29, 0.717) is 5.75 Å². The van der Waals surface area contributed by atoms with E-state index in [1.165, 1.54) is 50.2 Å². The fourth-order valence-corrected chi connectivity index (χ4v) is 3.49. The predicted molar refractivity (Wildman–Crippen MR) is 104 cm³/mol. The fraction of sp³-hybridized carbons (Fsp3) is 0.429. The summed E-state index contributed by atoms with van der Waals surface area (Å²) in [5, 5.41) is 11.5. The van der Waals surface area contributed by atoms with Crippen LogP contribution in [0.15, 0.2) is 47.4 Å². The Labute approximate surface area is 210 Å². The summed E-state index contributed by atoms with van der Waals surface area (Å²) in [5.74, 6) is -0.0461. The van der Waals surface area contributed by atoms with E-state index in [1.807, 2.05) is 24.3 Å². The van der Waals surface area contributed by atoms with E-state index < -0.39 is 20.8 Å². The zero-order valence-corrected chi connectivity index (χ0v) is 20.6. The van der Waals surface area contributed by atoms with Gasteiger partial charge in [-0.15, -0.1) is 0 Å². The summed E-state index contributed by atoms with van der Waals surface area (Å²) in [6, 6.07) is 11.1. The Hall–Kier alpha value is -0.414. The molecule has 0 aliphatic carbocycles. The molecule has 0 saturated carbocycles. The third-order valence-electron chi connectivity index (χ3n) is 4.42. The molecule has 0 atom stereocenters. The van der Waals surface area contributed by atoms with Crippen LogP contribution in [0.25, 0.3) is 0 Å². The maximum atomic E-state index is 11.5. The van der Waals surface area contributed by atoms with Crippen molar-refractivity contribution in [1.29, 1.82) is 0 Å². The Morgan fingerprint density at radius 3 is 2.07 bits per heavy atom. The van der Waals surface area contributed by atoms with Crippen LogP contribution in [0.2, 0.25) is 0 Å². The third kappa shape index (κ3) is 8.94. The van der Waals surface area contributed by atoms with Gasteiger partial charge >= 0.3 is 51.4 Å². The Bertz CT molecular complexity index is 819. The van der Waals surface area contributed by atoms with Crippen LogP contribution < -0.4 is 61.2 Å². The maximum absolute atomic E-state index is 11.5. The zero-order chi connectivity index (χ0) is 19.7. The second kappa shape index (κ2) is 13.0. The minimum absolute atomic E-state index is 0. The van der Waals surface area contributed by atoms with Crippen molar-refractivity contribution >= 4 is 10.1 Å². The Morgan fingerprint density at radius 1 is 0.893 bits per heavy atom. The molecule has 2 aromatic carbocycles. The van der Waals surface area contributed by atoms with Gasteiger partial charge in [-0.05, 0) is 36.6 Å². The number of unbranched alkanes of at least 4 members (excludes halogenated alkanes) is 6. The van der Waals surface area contributed by atoms with E-state index >= 15 is 0 Å². The molecule has 0 unspecified atom stereocenters. The Kier molecular flexibility index (Phi) is 11.9. The van der Waals surface area contributed by atoms with Gasteiger partial charge in [0, 0.05) is 6.07 Å². The fourth-order valence-electron chi connectivity index (χ4n) is 2.90. The summed E-state index contributed by atoms with van der Waals surface area (Å²) < 4.78 is 37.1. The predicted octanol–water partition coefficient (Wildman–Crippen LogP) is 2.10. The van der Waals surface area contributed by atoms with Crippen molar-refractivity contribution < 1.29 is 74.2 Å². The number of ether oxygens (including phenoxy) is 1. The molecule has 0 amide bonds. The van der Waals surface area contributed by atoms with Crippen LogP contribution >= 0.6 is 0 Å². The van der Waals surface area contributed by atoms with Gasteiger partial charge in [0.05, 0.1) is 4.90 Å². The first-order valence-electron chi connectivity index (χ1n) is 9.45. The quantitative estimate of drug-likeness (QED) is 0.335. The molecule has 28 heavy (non-hydrogen) atoms. The molecule has 0 aliphatic rings. The molecule has 1 N–H and O–H groups in total. The van der Waals surface area contributed by atoms with Gasteiger partial charge in [-0.25, -0.2) is 0 Å². The maximum Gasteiger partial charge on any atom is 1.00 e. The summed E-state index contributed by atoms with van der Waals surface area (Å²) >= 11 is 0. The summed E-state index contributed by atoms with van der Waals surface area (Å²) in [4.78, 5) is -0.685. The number of benzene rings is 2. The van der Waals surface area contributed by atoms with E-state index in [2.05, 4.69) is 6.92 Å². The zero-order valence-electron chi connectivity index (χ0n) is 16.7. The van der Waals surface area contributed by atoms with Crippen LogP contribution in [0.1, 0.15) is 57.4 Å². The standard InChI is InChI=1S/C21H28O5S.K/c1-2-3-4-5-6-7-8-9-17-10-12-18(13-11-17)26-19-14-15-20(22)21(16-19)27(23,24)25;/h10-16,22H,2-9H2,1H3,(H,23,24,25);/q;+1/p-1. The van der Waals surface area contributed by atoms with Gasteiger partial charge in [-0.2, -0.15) is 8.42 Å². The molecule has 0 aromatic heterocycles. The number of hydrogen-bond acceptors (Lipinski definition) is 4. The molecular weight excluding hydrogens is 403 g/mol. The molecule has 0 heterocycles. The van der Waals surface area contributed by atoms with E-state index in [1.54, 1.807) is 0 Å². The summed E-state index contributed by atoms with van der Waals surface area (Å²) in [6.07, 6.45) is 9.94. The summed E-state index contributed by atoms with van der Waals surface area (Å²) in [5.41, 5.74) is 1.23. The van der Waals surface area contributed by atoms with Crippen LogP contribution in [0.5, 0.6) is 17.2 Å².